The van der Waals surface area contributed by atoms with E-state index < -0.39 is 0 Å². The molecule has 3 rings (SSSR count). The molecule has 0 atom stereocenters. The topological polar surface area (TPSA) is 18.5 Å². The summed E-state index contributed by atoms with van der Waals surface area (Å²) in [5.74, 6) is -0.264. The lowest BCUT2D eigenvalue weighted by Crippen LogP contribution is -2.01. The molecule has 0 N–H and O–H groups in total. The highest BCUT2D eigenvalue weighted by molar-refractivity contribution is 6.08. The number of fused-ring (bicyclic) bond motifs is 3. The predicted octanol–water partition coefficient (Wildman–Crippen LogP) is 8.19. The Kier molecular flexibility index (Phi) is 8.30. The van der Waals surface area contributed by atoms with E-state index in [0.717, 1.165) is 51.4 Å². The molecule has 0 aliphatic carbocycles. The van der Waals surface area contributed by atoms with Gasteiger partial charge in [0.15, 0.2) is 23.1 Å². The zero-order valence-electron chi connectivity index (χ0n) is 18.1. The zero-order valence-corrected chi connectivity index (χ0v) is 18.1. The van der Waals surface area contributed by atoms with E-state index in [0.29, 0.717) is 34.8 Å². The van der Waals surface area contributed by atoms with Crippen molar-refractivity contribution in [3.8, 4) is 11.5 Å². The third kappa shape index (κ3) is 5.21. The maximum absolute atomic E-state index is 15.0. The van der Waals surface area contributed by atoms with Gasteiger partial charge in [0, 0.05) is 10.8 Å². The van der Waals surface area contributed by atoms with E-state index in [4.69, 9.17) is 9.47 Å². The molecule has 2 nitrogen and oxygen atoms in total. The maximum atomic E-state index is 15.0. The first-order valence-electron chi connectivity index (χ1n) is 11.3. The Labute approximate surface area is 178 Å². The minimum Gasteiger partial charge on any atom is -0.490 e. The highest BCUT2D eigenvalue weighted by atomic mass is 19.1. The average Bonchev–Trinajstić information content (AvgIpc) is 2.76. The third-order valence-corrected chi connectivity index (χ3v) is 5.51. The van der Waals surface area contributed by atoms with Crippen LogP contribution < -0.4 is 9.47 Å². The number of rotatable bonds is 12. The van der Waals surface area contributed by atoms with Crippen LogP contribution in [0.25, 0.3) is 21.5 Å². The first kappa shape index (κ1) is 22.3. The standard InChI is InChI=1S/C26H32F2O2/c1-3-5-7-9-17-29-23-15-13-19-20-14-16-24(30-18-10-8-6-4-2)26(28)22(20)12-11-21(19)25(23)27/h11-16H,3-10,17-18H2,1-2H3. The van der Waals surface area contributed by atoms with Crippen LogP contribution in [0.1, 0.15) is 65.2 Å². The second kappa shape index (κ2) is 11.1. The van der Waals surface area contributed by atoms with Gasteiger partial charge in [-0.05, 0) is 47.9 Å². The van der Waals surface area contributed by atoms with Crippen molar-refractivity contribution in [2.24, 2.45) is 0 Å². The van der Waals surface area contributed by atoms with Crippen LogP contribution in [0.15, 0.2) is 36.4 Å². The average molecular weight is 415 g/mol. The molecule has 0 saturated heterocycles. The quantitative estimate of drug-likeness (QED) is 0.220. The van der Waals surface area contributed by atoms with E-state index in [-0.39, 0.29) is 23.1 Å². The lowest BCUT2D eigenvalue weighted by atomic mass is 10.0. The van der Waals surface area contributed by atoms with Crippen LogP contribution in [0.3, 0.4) is 0 Å². The lowest BCUT2D eigenvalue weighted by Gasteiger charge is -2.13. The van der Waals surface area contributed by atoms with Gasteiger partial charge in [0.05, 0.1) is 13.2 Å². The number of ether oxygens (including phenoxy) is 2. The number of hydrogen-bond acceptors (Lipinski definition) is 2. The molecule has 0 aliphatic heterocycles. The Hall–Kier alpha value is -2.36. The molecule has 0 fully saturated rings. The molecule has 0 unspecified atom stereocenters. The van der Waals surface area contributed by atoms with Gasteiger partial charge in [0.1, 0.15) is 0 Å². The normalized spacial score (nSPS) is 11.3. The van der Waals surface area contributed by atoms with E-state index in [1.54, 1.807) is 24.3 Å². The van der Waals surface area contributed by atoms with Crippen molar-refractivity contribution >= 4 is 21.5 Å². The molecule has 0 radical (unpaired) electrons. The fourth-order valence-corrected chi connectivity index (χ4v) is 3.75. The zero-order chi connectivity index (χ0) is 21.3. The van der Waals surface area contributed by atoms with Crippen LogP contribution in [0.4, 0.5) is 8.78 Å². The summed E-state index contributed by atoms with van der Waals surface area (Å²) in [6.45, 7) is 5.31. The Morgan fingerprint density at radius 1 is 0.533 bits per heavy atom. The van der Waals surface area contributed by atoms with E-state index in [1.165, 1.54) is 0 Å². The van der Waals surface area contributed by atoms with Crippen molar-refractivity contribution in [3.05, 3.63) is 48.0 Å². The van der Waals surface area contributed by atoms with Crippen LogP contribution in [-0.4, -0.2) is 13.2 Å². The molecule has 4 heteroatoms. The number of unbranched alkanes of at least 4 members (excludes halogenated alkanes) is 6. The van der Waals surface area contributed by atoms with Gasteiger partial charge < -0.3 is 9.47 Å². The molecule has 30 heavy (non-hydrogen) atoms. The highest BCUT2D eigenvalue weighted by Crippen LogP contribution is 2.35. The second-order valence-corrected chi connectivity index (χ2v) is 7.83. The fourth-order valence-electron chi connectivity index (χ4n) is 3.75. The monoisotopic (exact) mass is 414 g/mol. The van der Waals surface area contributed by atoms with Gasteiger partial charge in [-0.25, -0.2) is 8.78 Å². The Morgan fingerprint density at radius 2 is 0.933 bits per heavy atom. The van der Waals surface area contributed by atoms with Crippen LogP contribution >= 0.6 is 0 Å². The summed E-state index contributed by atoms with van der Waals surface area (Å²) in [5.41, 5.74) is 0. The summed E-state index contributed by atoms with van der Waals surface area (Å²) in [4.78, 5) is 0. The predicted molar refractivity (Wildman–Crippen MR) is 121 cm³/mol. The summed E-state index contributed by atoms with van der Waals surface area (Å²) < 4.78 is 41.3. The molecule has 0 bridgehead atoms. The molecular weight excluding hydrogens is 382 g/mol. The van der Waals surface area contributed by atoms with Crippen LogP contribution in [-0.2, 0) is 0 Å². The smallest absolute Gasteiger partial charge is 0.172 e. The van der Waals surface area contributed by atoms with E-state index >= 15 is 0 Å². The molecule has 162 valence electrons. The SMILES string of the molecule is CCCCCCOc1ccc2c(ccc3c(F)c(OCCCCCC)ccc32)c1F. The van der Waals surface area contributed by atoms with E-state index in [2.05, 4.69) is 13.8 Å². The molecule has 0 heterocycles. The molecule has 0 amide bonds. The minimum absolute atomic E-state index is 0.255. The maximum Gasteiger partial charge on any atom is 0.172 e. The molecule has 3 aromatic rings. The number of hydrogen-bond donors (Lipinski definition) is 0. The summed E-state index contributed by atoms with van der Waals surface area (Å²) in [5, 5.41) is 2.25. The van der Waals surface area contributed by atoms with Crippen molar-refractivity contribution in [1.82, 2.24) is 0 Å². The molecule has 0 aromatic heterocycles. The van der Waals surface area contributed by atoms with Gasteiger partial charge in [-0.2, -0.15) is 0 Å². The molecular formula is C26H32F2O2. The molecule has 3 aromatic carbocycles. The fraction of sp³-hybridized carbons (Fsp3) is 0.462. The van der Waals surface area contributed by atoms with Crippen molar-refractivity contribution in [3.63, 3.8) is 0 Å². The first-order valence-corrected chi connectivity index (χ1v) is 11.3. The van der Waals surface area contributed by atoms with Gasteiger partial charge in [-0.1, -0.05) is 64.5 Å². The van der Waals surface area contributed by atoms with Crippen molar-refractivity contribution < 1.29 is 18.3 Å². The Morgan fingerprint density at radius 3 is 1.33 bits per heavy atom. The van der Waals surface area contributed by atoms with Crippen LogP contribution in [0.5, 0.6) is 11.5 Å². The molecule has 0 aliphatic rings. The highest BCUT2D eigenvalue weighted by Gasteiger charge is 2.15. The Bertz CT molecular complexity index is 890. The van der Waals surface area contributed by atoms with Crippen molar-refractivity contribution in [2.75, 3.05) is 13.2 Å². The summed E-state index contributed by atoms with van der Waals surface area (Å²) in [6, 6.07) is 10.2. The minimum atomic E-state index is -0.387. The summed E-state index contributed by atoms with van der Waals surface area (Å²) >= 11 is 0. The number of halogens is 2. The molecule has 0 spiro atoms. The molecule has 0 saturated carbocycles. The Balaban J connectivity index is 1.79. The van der Waals surface area contributed by atoms with Crippen molar-refractivity contribution in [2.45, 2.75) is 65.2 Å². The van der Waals surface area contributed by atoms with Crippen LogP contribution in [0.2, 0.25) is 0 Å². The first-order chi connectivity index (χ1) is 14.7. The lowest BCUT2D eigenvalue weighted by molar-refractivity contribution is 0.291. The van der Waals surface area contributed by atoms with Crippen LogP contribution in [0, 0.1) is 11.6 Å². The van der Waals surface area contributed by atoms with E-state index in [1.807, 2.05) is 12.1 Å². The third-order valence-electron chi connectivity index (χ3n) is 5.51. The largest absolute Gasteiger partial charge is 0.490 e. The second-order valence-electron chi connectivity index (χ2n) is 7.83. The van der Waals surface area contributed by atoms with Gasteiger partial charge in [0.2, 0.25) is 0 Å². The van der Waals surface area contributed by atoms with Gasteiger partial charge in [0.25, 0.3) is 0 Å². The van der Waals surface area contributed by atoms with E-state index in [9.17, 15) is 8.78 Å². The van der Waals surface area contributed by atoms with Gasteiger partial charge in [-0.15, -0.1) is 0 Å². The summed E-state index contributed by atoms with van der Waals surface area (Å²) in [6.07, 6.45) is 8.61. The number of benzene rings is 3. The van der Waals surface area contributed by atoms with Gasteiger partial charge in [-0.3, -0.25) is 0 Å². The summed E-state index contributed by atoms with van der Waals surface area (Å²) in [7, 11) is 0. The van der Waals surface area contributed by atoms with Gasteiger partial charge >= 0.3 is 0 Å². The van der Waals surface area contributed by atoms with Crippen molar-refractivity contribution in [1.29, 1.82) is 0 Å².